The number of aromatic nitrogens is 1. The fraction of sp³-hybridized carbons (Fsp3) is 0.750. The predicted octanol–water partition coefficient (Wildman–Crippen LogP) is 2.34. The molecule has 0 aliphatic carbocycles. The maximum Gasteiger partial charge on any atom is 0.185 e. The van der Waals surface area contributed by atoms with E-state index in [0.29, 0.717) is 0 Å². The minimum atomic E-state index is 0.783. The van der Waals surface area contributed by atoms with Gasteiger partial charge in [0, 0.05) is 30.7 Å². The number of anilines is 1. The van der Waals surface area contributed by atoms with Gasteiger partial charge < -0.3 is 10.2 Å². The van der Waals surface area contributed by atoms with Crippen molar-refractivity contribution in [3.63, 3.8) is 0 Å². The molecule has 1 aliphatic rings. The third-order valence-corrected chi connectivity index (χ3v) is 4.56. The largest absolute Gasteiger partial charge is 0.348 e. The number of thiazole rings is 1. The van der Waals surface area contributed by atoms with Crippen LogP contribution in [0.1, 0.15) is 25.1 Å². The third kappa shape index (κ3) is 2.55. The average Bonchev–Trinajstić information content (AvgIpc) is 2.71. The number of hydrogen-bond donors (Lipinski definition) is 1. The lowest BCUT2D eigenvalue weighted by Gasteiger charge is -2.35. The van der Waals surface area contributed by atoms with E-state index in [9.17, 15) is 0 Å². The molecule has 2 unspecified atom stereocenters. The molecule has 0 radical (unpaired) electrons. The fourth-order valence-electron chi connectivity index (χ4n) is 2.14. The minimum absolute atomic E-state index is 0.783. The predicted molar refractivity (Wildman–Crippen MR) is 70.0 cm³/mol. The van der Waals surface area contributed by atoms with Gasteiger partial charge in [0.25, 0.3) is 0 Å². The van der Waals surface area contributed by atoms with Crippen LogP contribution in [0.15, 0.2) is 6.20 Å². The van der Waals surface area contributed by atoms with Gasteiger partial charge in [-0.15, -0.1) is 11.3 Å². The summed E-state index contributed by atoms with van der Waals surface area (Å²) in [5, 5.41) is 4.37. The van der Waals surface area contributed by atoms with Crippen molar-refractivity contribution in [2.24, 2.45) is 11.8 Å². The summed E-state index contributed by atoms with van der Waals surface area (Å²) < 4.78 is 0. The van der Waals surface area contributed by atoms with Crippen LogP contribution in [0.2, 0.25) is 0 Å². The molecular formula is C12H21N3S. The standard InChI is InChI=1S/C12H21N3S/c1-9-4-5-15(8-10(9)2)12-14-7-11(16-12)6-13-3/h7,9-10,13H,4-6,8H2,1-3H3. The molecule has 1 N–H and O–H groups in total. The highest BCUT2D eigenvalue weighted by molar-refractivity contribution is 7.15. The van der Waals surface area contributed by atoms with E-state index in [2.05, 4.69) is 29.0 Å². The maximum atomic E-state index is 4.52. The summed E-state index contributed by atoms with van der Waals surface area (Å²) in [5.41, 5.74) is 0. The smallest absolute Gasteiger partial charge is 0.185 e. The number of nitrogens with zero attached hydrogens (tertiary/aromatic N) is 2. The first kappa shape index (κ1) is 11.9. The quantitative estimate of drug-likeness (QED) is 0.877. The molecule has 90 valence electrons. The molecule has 1 aromatic rings. The second kappa shape index (κ2) is 5.15. The first-order valence-electron chi connectivity index (χ1n) is 6.05. The highest BCUT2D eigenvalue weighted by Gasteiger charge is 2.24. The van der Waals surface area contributed by atoms with Crippen LogP contribution in [0.4, 0.5) is 5.13 Å². The number of rotatable bonds is 3. The molecule has 0 bridgehead atoms. The summed E-state index contributed by atoms with van der Waals surface area (Å²) in [4.78, 5) is 8.28. The van der Waals surface area contributed by atoms with E-state index in [0.717, 1.165) is 31.5 Å². The second-order valence-electron chi connectivity index (χ2n) is 4.83. The van der Waals surface area contributed by atoms with Crippen molar-refractivity contribution in [3.8, 4) is 0 Å². The summed E-state index contributed by atoms with van der Waals surface area (Å²) in [5.74, 6) is 1.64. The Morgan fingerprint density at radius 1 is 1.50 bits per heavy atom. The van der Waals surface area contributed by atoms with Crippen LogP contribution in [0, 0.1) is 11.8 Å². The van der Waals surface area contributed by atoms with E-state index in [1.165, 1.54) is 16.4 Å². The van der Waals surface area contributed by atoms with Gasteiger partial charge in [-0.05, 0) is 25.3 Å². The molecule has 2 atom stereocenters. The van der Waals surface area contributed by atoms with Crippen molar-refractivity contribution in [3.05, 3.63) is 11.1 Å². The van der Waals surface area contributed by atoms with Gasteiger partial charge in [0.2, 0.25) is 0 Å². The highest BCUT2D eigenvalue weighted by Crippen LogP contribution is 2.29. The van der Waals surface area contributed by atoms with Crippen molar-refractivity contribution in [1.82, 2.24) is 10.3 Å². The average molecular weight is 239 g/mol. The second-order valence-corrected chi connectivity index (χ2v) is 5.92. The van der Waals surface area contributed by atoms with E-state index in [-0.39, 0.29) is 0 Å². The zero-order valence-electron chi connectivity index (χ0n) is 10.4. The van der Waals surface area contributed by atoms with Crippen LogP contribution >= 0.6 is 11.3 Å². The van der Waals surface area contributed by atoms with Crippen LogP contribution in [-0.2, 0) is 6.54 Å². The molecule has 3 nitrogen and oxygen atoms in total. The summed E-state index contributed by atoms with van der Waals surface area (Å²) in [6, 6.07) is 0. The Kier molecular flexibility index (Phi) is 3.82. The van der Waals surface area contributed by atoms with Gasteiger partial charge in [0.1, 0.15) is 0 Å². The van der Waals surface area contributed by atoms with E-state index < -0.39 is 0 Å². The Morgan fingerprint density at radius 2 is 2.31 bits per heavy atom. The third-order valence-electron chi connectivity index (χ3n) is 3.50. The molecule has 2 heterocycles. The molecule has 16 heavy (non-hydrogen) atoms. The first-order chi connectivity index (χ1) is 7.70. The Balaban J connectivity index is 2.01. The van der Waals surface area contributed by atoms with E-state index in [4.69, 9.17) is 0 Å². The molecule has 0 saturated carbocycles. The lowest BCUT2D eigenvalue weighted by molar-refractivity contribution is 0.324. The molecule has 1 aliphatic heterocycles. The van der Waals surface area contributed by atoms with Crippen LogP contribution in [0.3, 0.4) is 0 Å². The number of hydrogen-bond acceptors (Lipinski definition) is 4. The fourth-order valence-corrected chi connectivity index (χ4v) is 3.09. The summed E-state index contributed by atoms with van der Waals surface area (Å²) in [7, 11) is 1.98. The van der Waals surface area contributed by atoms with Crippen molar-refractivity contribution >= 4 is 16.5 Å². The lowest BCUT2D eigenvalue weighted by atomic mass is 9.89. The molecule has 1 fully saturated rings. The summed E-state index contributed by atoms with van der Waals surface area (Å²) in [6.07, 6.45) is 3.29. The zero-order chi connectivity index (χ0) is 11.5. The van der Waals surface area contributed by atoms with Gasteiger partial charge in [0.05, 0.1) is 0 Å². The van der Waals surface area contributed by atoms with E-state index in [1.807, 2.05) is 24.6 Å². The van der Waals surface area contributed by atoms with Gasteiger partial charge in [-0.25, -0.2) is 4.98 Å². The molecular weight excluding hydrogens is 218 g/mol. The molecule has 1 saturated heterocycles. The van der Waals surface area contributed by atoms with Crippen LogP contribution in [0.25, 0.3) is 0 Å². The molecule has 4 heteroatoms. The normalized spacial score (nSPS) is 26.1. The molecule has 0 aromatic carbocycles. The zero-order valence-corrected chi connectivity index (χ0v) is 11.2. The molecule has 0 spiro atoms. The van der Waals surface area contributed by atoms with Crippen LogP contribution in [-0.4, -0.2) is 25.1 Å². The summed E-state index contributed by atoms with van der Waals surface area (Å²) in [6.45, 7) is 7.96. The van der Waals surface area contributed by atoms with Gasteiger partial charge >= 0.3 is 0 Å². The monoisotopic (exact) mass is 239 g/mol. The van der Waals surface area contributed by atoms with Crippen molar-refractivity contribution in [2.75, 3.05) is 25.0 Å². The van der Waals surface area contributed by atoms with Gasteiger partial charge in [0.15, 0.2) is 5.13 Å². The van der Waals surface area contributed by atoms with E-state index >= 15 is 0 Å². The first-order valence-corrected chi connectivity index (χ1v) is 6.86. The van der Waals surface area contributed by atoms with Crippen molar-refractivity contribution < 1.29 is 0 Å². The lowest BCUT2D eigenvalue weighted by Crippen LogP contribution is -2.38. The van der Waals surface area contributed by atoms with Crippen molar-refractivity contribution in [2.45, 2.75) is 26.8 Å². The van der Waals surface area contributed by atoms with Crippen LogP contribution in [0.5, 0.6) is 0 Å². The van der Waals surface area contributed by atoms with Crippen LogP contribution < -0.4 is 10.2 Å². The Morgan fingerprint density at radius 3 is 3.00 bits per heavy atom. The highest BCUT2D eigenvalue weighted by atomic mass is 32.1. The van der Waals surface area contributed by atoms with Gasteiger partial charge in [-0.1, -0.05) is 13.8 Å². The Bertz CT molecular complexity index is 337. The Labute approximate surface area is 102 Å². The van der Waals surface area contributed by atoms with E-state index in [1.54, 1.807) is 0 Å². The minimum Gasteiger partial charge on any atom is -0.348 e. The topological polar surface area (TPSA) is 28.2 Å². The SMILES string of the molecule is CNCc1cnc(N2CCC(C)C(C)C2)s1. The number of nitrogens with one attached hydrogen (secondary N) is 1. The summed E-state index contributed by atoms with van der Waals surface area (Å²) >= 11 is 1.82. The van der Waals surface area contributed by atoms with Gasteiger partial charge in [-0.3, -0.25) is 0 Å². The van der Waals surface area contributed by atoms with Gasteiger partial charge in [-0.2, -0.15) is 0 Å². The van der Waals surface area contributed by atoms with Crippen molar-refractivity contribution in [1.29, 1.82) is 0 Å². The Hall–Kier alpha value is -0.610. The molecule has 1 aromatic heterocycles. The molecule has 0 amide bonds. The number of piperidine rings is 1. The maximum absolute atomic E-state index is 4.52. The molecule has 2 rings (SSSR count).